The highest BCUT2D eigenvalue weighted by atomic mass is 16.5. The topological polar surface area (TPSA) is 97.4 Å². The van der Waals surface area contributed by atoms with E-state index in [9.17, 15) is 9.59 Å². The molecule has 2 heterocycles. The van der Waals surface area contributed by atoms with Gasteiger partial charge in [-0.3, -0.25) is 9.59 Å². The highest BCUT2D eigenvalue weighted by Gasteiger charge is 2.18. The number of rotatable bonds is 4. The van der Waals surface area contributed by atoms with Crippen LogP contribution in [0, 0.1) is 6.92 Å². The van der Waals surface area contributed by atoms with Crippen molar-refractivity contribution in [2.45, 2.75) is 19.9 Å². The molecule has 2 rings (SSSR count). The fourth-order valence-corrected chi connectivity index (χ4v) is 1.40. The smallest absolute Gasteiger partial charge is 0.287 e. The third-order valence-corrected chi connectivity index (χ3v) is 2.37. The van der Waals surface area contributed by atoms with Crippen LogP contribution in [0.3, 0.4) is 0 Å². The molecule has 7 heteroatoms. The second kappa shape index (κ2) is 5.38. The summed E-state index contributed by atoms with van der Waals surface area (Å²) >= 11 is 0. The summed E-state index contributed by atoms with van der Waals surface area (Å²) in [7, 11) is 0. The number of amides is 2. The normalized spacial score (nSPS) is 11.9. The van der Waals surface area contributed by atoms with E-state index in [0.717, 1.165) is 0 Å². The number of nitrogens with one attached hydrogen (secondary N) is 2. The summed E-state index contributed by atoms with van der Waals surface area (Å²) in [6.45, 7) is 3.27. The molecular formula is C12H13N3O4. The molecule has 0 saturated carbocycles. The molecule has 0 spiro atoms. The zero-order valence-electron chi connectivity index (χ0n) is 10.5. The molecule has 1 atom stereocenters. The SMILES string of the molecule is Cc1cc(NC(=O)[C@H](C)NC(=O)c2ccco2)no1. The summed E-state index contributed by atoms with van der Waals surface area (Å²) in [5, 5.41) is 8.66. The van der Waals surface area contributed by atoms with Crippen LogP contribution in [0.5, 0.6) is 0 Å². The molecule has 0 saturated heterocycles. The van der Waals surface area contributed by atoms with E-state index in [4.69, 9.17) is 8.94 Å². The van der Waals surface area contributed by atoms with Gasteiger partial charge in [-0.15, -0.1) is 0 Å². The lowest BCUT2D eigenvalue weighted by atomic mass is 10.3. The summed E-state index contributed by atoms with van der Waals surface area (Å²) < 4.78 is 9.74. The molecule has 2 amide bonds. The van der Waals surface area contributed by atoms with Gasteiger partial charge in [0.05, 0.1) is 6.26 Å². The Hall–Kier alpha value is -2.57. The maximum atomic E-state index is 11.8. The van der Waals surface area contributed by atoms with Gasteiger partial charge >= 0.3 is 0 Å². The van der Waals surface area contributed by atoms with E-state index in [1.165, 1.54) is 12.3 Å². The second-order valence-electron chi connectivity index (χ2n) is 3.98. The molecule has 0 radical (unpaired) electrons. The summed E-state index contributed by atoms with van der Waals surface area (Å²) in [6, 6.07) is 3.96. The Morgan fingerprint density at radius 3 is 2.79 bits per heavy atom. The molecule has 0 fully saturated rings. The third-order valence-electron chi connectivity index (χ3n) is 2.37. The van der Waals surface area contributed by atoms with Crippen LogP contribution in [0.25, 0.3) is 0 Å². The van der Waals surface area contributed by atoms with E-state index in [1.807, 2.05) is 0 Å². The molecule has 2 aromatic heterocycles. The van der Waals surface area contributed by atoms with Gasteiger partial charge in [0.2, 0.25) is 5.91 Å². The molecule has 2 aromatic rings. The summed E-state index contributed by atoms with van der Waals surface area (Å²) in [5.74, 6) is 0.193. The number of aryl methyl sites for hydroxylation is 1. The van der Waals surface area contributed by atoms with Crippen molar-refractivity contribution in [3.63, 3.8) is 0 Å². The van der Waals surface area contributed by atoms with Crippen molar-refractivity contribution in [3.8, 4) is 0 Å². The number of nitrogens with zero attached hydrogens (tertiary/aromatic N) is 1. The van der Waals surface area contributed by atoms with Crippen molar-refractivity contribution in [1.82, 2.24) is 10.5 Å². The van der Waals surface area contributed by atoms with Gasteiger partial charge in [-0.2, -0.15) is 0 Å². The Morgan fingerprint density at radius 2 is 2.21 bits per heavy atom. The van der Waals surface area contributed by atoms with Crippen molar-refractivity contribution in [1.29, 1.82) is 0 Å². The van der Waals surface area contributed by atoms with Crippen LogP contribution in [0.2, 0.25) is 0 Å². The zero-order valence-corrected chi connectivity index (χ0v) is 10.5. The summed E-state index contributed by atoms with van der Waals surface area (Å²) in [6.07, 6.45) is 1.39. The van der Waals surface area contributed by atoms with Crippen LogP contribution >= 0.6 is 0 Å². The molecule has 0 aliphatic rings. The lowest BCUT2D eigenvalue weighted by Crippen LogP contribution is -2.41. The molecule has 0 aliphatic heterocycles. The van der Waals surface area contributed by atoms with Gasteiger partial charge in [0.15, 0.2) is 11.6 Å². The van der Waals surface area contributed by atoms with Gasteiger partial charge in [0.25, 0.3) is 5.91 Å². The average molecular weight is 263 g/mol. The van der Waals surface area contributed by atoms with Crippen LogP contribution in [-0.2, 0) is 4.79 Å². The van der Waals surface area contributed by atoms with Crippen molar-refractivity contribution < 1.29 is 18.5 Å². The Labute approximate surface area is 108 Å². The Bertz CT molecular complexity index is 574. The lowest BCUT2D eigenvalue weighted by Gasteiger charge is -2.11. The second-order valence-corrected chi connectivity index (χ2v) is 3.98. The molecule has 0 unspecified atom stereocenters. The van der Waals surface area contributed by atoms with E-state index in [0.29, 0.717) is 11.6 Å². The number of furan rings is 1. The minimum atomic E-state index is -0.727. The average Bonchev–Trinajstić information content (AvgIpc) is 3.00. The molecule has 0 aromatic carbocycles. The Balaban J connectivity index is 1.91. The molecule has 19 heavy (non-hydrogen) atoms. The first-order chi connectivity index (χ1) is 9.06. The third kappa shape index (κ3) is 3.21. The minimum absolute atomic E-state index is 0.150. The highest BCUT2D eigenvalue weighted by Crippen LogP contribution is 2.07. The first-order valence-electron chi connectivity index (χ1n) is 5.65. The molecule has 0 aliphatic carbocycles. The largest absolute Gasteiger partial charge is 0.459 e. The van der Waals surface area contributed by atoms with E-state index < -0.39 is 17.9 Å². The van der Waals surface area contributed by atoms with Crippen LogP contribution in [0.1, 0.15) is 23.2 Å². The van der Waals surface area contributed by atoms with Gasteiger partial charge in [-0.05, 0) is 26.0 Å². The van der Waals surface area contributed by atoms with Gasteiger partial charge in [0.1, 0.15) is 11.8 Å². The molecule has 0 bridgehead atoms. The number of anilines is 1. The van der Waals surface area contributed by atoms with Crippen LogP contribution in [0.4, 0.5) is 5.82 Å². The minimum Gasteiger partial charge on any atom is -0.459 e. The number of aromatic nitrogens is 1. The van der Waals surface area contributed by atoms with Crippen LogP contribution in [-0.4, -0.2) is 23.0 Å². The number of carbonyl (C=O) groups excluding carboxylic acids is 2. The Morgan fingerprint density at radius 1 is 1.42 bits per heavy atom. The molecular weight excluding hydrogens is 250 g/mol. The maximum absolute atomic E-state index is 11.8. The van der Waals surface area contributed by atoms with Gasteiger partial charge in [-0.1, -0.05) is 5.16 Å². The first kappa shape index (κ1) is 12.9. The van der Waals surface area contributed by atoms with Crippen molar-refractivity contribution >= 4 is 17.6 Å². The van der Waals surface area contributed by atoms with E-state index >= 15 is 0 Å². The van der Waals surface area contributed by atoms with Gasteiger partial charge < -0.3 is 19.6 Å². The standard InChI is InChI=1S/C12H13N3O4/c1-7-6-10(15-19-7)14-11(16)8(2)13-12(17)9-4-3-5-18-9/h3-6,8H,1-2H3,(H,13,17)(H,14,15,16)/t8-/m0/s1. The Kier molecular flexibility index (Phi) is 3.65. The van der Waals surface area contributed by atoms with Gasteiger partial charge in [-0.25, -0.2) is 0 Å². The predicted molar refractivity (Wildman–Crippen MR) is 65.5 cm³/mol. The number of hydrogen-bond donors (Lipinski definition) is 2. The monoisotopic (exact) mass is 263 g/mol. The highest BCUT2D eigenvalue weighted by molar-refractivity contribution is 5.99. The molecule has 100 valence electrons. The predicted octanol–water partition coefficient (Wildman–Crippen LogP) is 1.33. The fraction of sp³-hybridized carbons (Fsp3) is 0.250. The van der Waals surface area contributed by atoms with E-state index in [-0.39, 0.29) is 5.76 Å². The molecule has 2 N–H and O–H groups in total. The van der Waals surface area contributed by atoms with Crippen LogP contribution < -0.4 is 10.6 Å². The first-order valence-corrected chi connectivity index (χ1v) is 5.65. The number of hydrogen-bond acceptors (Lipinski definition) is 5. The van der Waals surface area contributed by atoms with E-state index in [1.54, 1.807) is 26.0 Å². The summed E-state index contributed by atoms with van der Waals surface area (Å²) in [5.41, 5.74) is 0. The fourth-order valence-electron chi connectivity index (χ4n) is 1.40. The number of carbonyl (C=O) groups is 2. The van der Waals surface area contributed by atoms with Crippen molar-refractivity contribution in [2.75, 3.05) is 5.32 Å². The van der Waals surface area contributed by atoms with Crippen molar-refractivity contribution in [3.05, 3.63) is 36.0 Å². The maximum Gasteiger partial charge on any atom is 0.287 e. The van der Waals surface area contributed by atoms with Crippen molar-refractivity contribution in [2.24, 2.45) is 0 Å². The van der Waals surface area contributed by atoms with Gasteiger partial charge in [0, 0.05) is 6.07 Å². The summed E-state index contributed by atoms with van der Waals surface area (Å²) in [4.78, 5) is 23.4. The van der Waals surface area contributed by atoms with Crippen LogP contribution in [0.15, 0.2) is 33.4 Å². The van der Waals surface area contributed by atoms with E-state index in [2.05, 4.69) is 15.8 Å². The molecule has 7 nitrogen and oxygen atoms in total. The quantitative estimate of drug-likeness (QED) is 0.867. The zero-order chi connectivity index (χ0) is 13.8. The lowest BCUT2D eigenvalue weighted by molar-refractivity contribution is -0.117.